The minimum absolute atomic E-state index is 0.0249. The number of hydrogen-bond donors (Lipinski definition) is 5. The summed E-state index contributed by atoms with van der Waals surface area (Å²) in [5.74, 6) is -0.523. The number of anilines is 1. The van der Waals surface area contributed by atoms with Crippen LogP contribution in [0.1, 0.15) is 56.7 Å². The normalized spacial score (nSPS) is 26.9. The van der Waals surface area contributed by atoms with Crippen LogP contribution in [0.15, 0.2) is 35.9 Å². The van der Waals surface area contributed by atoms with Crippen molar-refractivity contribution in [3.8, 4) is 5.75 Å². The summed E-state index contributed by atoms with van der Waals surface area (Å²) < 4.78 is 7.37. The van der Waals surface area contributed by atoms with E-state index in [0.717, 1.165) is 56.4 Å². The third-order valence-electron chi connectivity index (χ3n) is 9.43. The van der Waals surface area contributed by atoms with Crippen LogP contribution >= 0.6 is 0 Å². The van der Waals surface area contributed by atoms with E-state index >= 15 is 0 Å². The zero-order valence-corrected chi connectivity index (χ0v) is 24.9. The van der Waals surface area contributed by atoms with E-state index in [2.05, 4.69) is 27.8 Å². The van der Waals surface area contributed by atoms with Crippen molar-refractivity contribution >= 4 is 28.4 Å². The largest absolute Gasteiger partial charge is 0.495 e. The number of nitrogens with zero attached hydrogens (tertiary/aromatic N) is 4. The van der Waals surface area contributed by atoms with Gasteiger partial charge >= 0.3 is 0 Å². The number of likely N-dealkylation sites (N-methyl/N-ethyl adjacent to an activating group) is 1. The fourth-order valence-corrected chi connectivity index (χ4v) is 7.31. The van der Waals surface area contributed by atoms with Crippen LogP contribution in [0.4, 0.5) is 5.69 Å². The Morgan fingerprint density at radius 1 is 1.19 bits per heavy atom. The van der Waals surface area contributed by atoms with E-state index in [1.165, 1.54) is 12.8 Å². The highest BCUT2D eigenvalue weighted by Crippen LogP contribution is 2.36. The van der Waals surface area contributed by atoms with Gasteiger partial charge in [-0.2, -0.15) is 0 Å². The van der Waals surface area contributed by atoms with Crippen molar-refractivity contribution in [1.82, 2.24) is 29.9 Å². The fraction of sp³-hybridized carbons (Fsp3) is 0.600. The van der Waals surface area contributed by atoms with Crippen molar-refractivity contribution in [2.45, 2.75) is 75.9 Å². The molecule has 42 heavy (non-hydrogen) atoms. The summed E-state index contributed by atoms with van der Waals surface area (Å²) in [6.07, 6.45) is 9.18. The number of carbonyl (C=O) groups is 2. The number of likely N-dealkylation sites (tertiary alicyclic amines) is 1. The number of benzene rings is 1. The molecule has 0 radical (unpaired) electrons. The summed E-state index contributed by atoms with van der Waals surface area (Å²) in [6, 6.07) is 6.24. The minimum Gasteiger partial charge on any atom is -0.495 e. The number of amides is 1. The fourth-order valence-electron chi connectivity index (χ4n) is 7.31. The summed E-state index contributed by atoms with van der Waals surface area (Å²) in [7, 11) is 3.52. The smallest absolute Gasteiger partial charge is 0.275 e. The van der Waals surface area contributed by atoms with Crippen LogP contribution in [0.2, 0.25) is 0 Å². The molecular weight excluding hydrogens is 536 g/mol. The Labute approximate surface area is 246 Å². The maximum Gasteiger partial charge on any atom is 0.275 e. The predicted molar refractivity (Wildman–Crippen MR) is 160 cm³/mol. The van der Waals surface area contributed by atoms with Crippen LogP contribution in [0.3, 0.4) is 0 Å². The second-order valence-electron chi connectivity index (χ2n) is 12.1. The quantitative estimate of drug-likeness (QED) is 0.293. The van der Waals surface area contributed by atoms with Gasteiger partial charge in [0.15, 0.2) is 0 Å². The molecule has 0 spiro atoms. The lowest BCUT2D eigenvalue weighted by Gasteiger charge is -2.52. The highest BCUT2D eigenvalue weighted by atomic mass is 16.5. The van der Waals surface area contributed by atoms with Crippen molar-refractivity contribution in [3.05, 3.63) is 35.9 Å². The van der Waals surface area contributed by atoms with E-state index < -0.39 is 5.91 Å². The number of carbonyl (C=O) groups excluding carboxylic acids is 2. The Bertz CT molecular complexity index is 1380. The number of aliphatic hydroxyl groups excluding tert-OH is 1. The van der Waals surface area contributed by atoms with Gasteiger partial charge in [-0.1, -0.05) is 19.8 Å². The molecule has 4 heterocycles. The topological polar surface area (TPSA) is 140 Å². The minimum atomic E-state index is -1.47. The molecule has 3 atom stereocenters. The summed E-state index contributed by atoms with van der Waals surface area (Å²) >= 11 is 0. The van der Waals surface area contributed by atoms with Crippen LogP contribution in [0.5, 0.6) is 5.75 Å². The molecule has 1 saturated heterocycles. The van der Waals surface area contributed by atoms with Gasteiger partial charge in [0.2, 0.25) is 11.8 Å². The molecule has 6 N–H and O–H groups in total. The summed E-state index contributed by atoms with van der Waals surface area (Å²) in [6.45, 7) is 4.07. The van der Waals surface area contributed by atoms with Crippen LogP contribution in [-0.4, -0.2) is 101 Å². The van der Waals surface area contributed by atoms with E-state index in [0.29, 0.717) is 28.7 Å². The van der Waals surface area contributed by atoms with Crippen LogP contribution < -0.4 is 26.4 Å². The third-order valence-corrected chi connectivity index (χ3v) is 9.43. The highest BCUT2D eigenvalue weighted by molar-refractivity contribution is 5.97. The molecule has 3 aliphatic heterocycles. The van der Waals surface area contributed by atoms with Gasteiger partial charge in [0, 0.05) is 49.4 Å². The Hall–Kier alpha value is -3.48. The van der Waals surface area contributed by atoms with Gasteiger partial charge in [0.05, 0.1) is 31.5 Å². The van der Waals surface area contributed by atoms with Gasteiger partial charge in [-0.3, -0.25) is 30.1 Å². The lowest BCUT2D eigenvalue weighted by Crippen LogP contribution is -2.76. The van der Waals surface area contributed by atoms with Gasteiger partial charge in [0.25, 0.3) is 5.91 Å². The van der Waals surface area contributed by atoms with Gasteiger partial charge in [-0.25, -0.2) is 0 Å². The first kappa shape index (κ1) is 28.6. The van der Waals surface area contributed by atoms with E-state index in [1.807, 2.05) is 35.0 Å². The van der Waals surface area contributed by atoms with Crippen LogP contribution in [0.25, 0.3) is 10.9 Å². The number of aliphatic hydroxyl groups is 1. The standard InChI is InChI=1S/C30H44N8O4/c1-4-20-16-35(2)27-28(38(20)21-8-5-6-9-21)33-30(31,34-29(27)41)32-23-14-19-11-13-37(24(19)15-25(23)42-3)26(40)17-36-12-7-10-22(36)18-39/h11,13-15,20-22,32-33,39H,4-10,12,16-18,31H2,1-3H3,(H,34,41)/t20?,22-,30+/m0/s1. The molecule has 12 heteroatoms. The average Bonchev–Trinajstić information content (AvgIpc) is 3.73. The molecule has 1 aliphatic carbocycles. The van der Waals surface area contributed by atoms with E-state index in [1.54, 1.807) is 17.9 Å². The lowest BCUT2D eigenvalue weighted by atomic mass is 10.0. The van der Waals surface area contributed by atoms with Gasteiger partial charge in [-0.05, 0) is 50.8 Å². The van der Waals surface area contributed by atoms with Crippen molar-refractivity contribution in [2.75, 3.05) is 45.7 Å². The Kier molecular flexibility index (Phi) is 7.71. The van der Waals surface area contributed by atoms with Crippen LogP contribution in [0, 0.1) is 0 Å². The predicted octanol–water partition coefficient (Wildman–Crippen LogP) is 1.59. The summed E-state index contributed by atoms with van der Waals surface area (Å²) in [5, 5.41) is 20.2. The number of nitrogens with one attached hydrogen (secondary N) is 3. The summed E-state index contributed by atoms with van der Waals surface area (Å²) in [4.78, 5) is 33.3. The molecule has 0 bridgehead atoms. The number of hydrogen-bond acceptors (Lipinski definition) is 10. The zero-order valence-electron chi connectivity index (χ0n) is 24.9. The molecule has 228 valence electrons. The molecule has 1 unspecified atom stereocenters. The SMILES string of the molecule is CCC1CN(C)C2=C(N[C@@](N)(Nc3cc4ccn(C(=O)CN5CCC[C@H]5CO)c4cc3OC)NC2=O)N1C1CCCC1. The number of methoxy groups -OCH3 is 1. The van der Waals surface area contributed by atoms with Crippen molar-refractivity contribution in [2.24, 2.45) is 5.73 Å². The zero-order chi connectivity index (χ0) is 29.6. The van der Waals surface area contributed by atoms with Crippen LogP contribution in [-0.2, 0) is 4.79 Å². The molecule has 1 aromatic heterocycles. The second-order valence-corrected chi connectivity index (χ2v) is 12.1. The van der Waals surface area contributed by atoms with Gasteiger partial charge < -0.3 is 30.3 Å². The lowest BCUT2D eigenvalue weighted by molar-refractivity contribution is -0.123. The molecule has 1 amide bonds. The molecule has 2 fully saturated rings. The van der Waals surface area contributed by atoms with Crippen molar-refractivity contribution in [3.63, 3.8) is 0 Å². The highest BCUT2D eigenvalue weighted by Gasteiger charge is 2.46. The van der Waals surface area contributed by atoms with Gasteiger partial charge in [0.1, 0.15) is 17.3 Å². The number of aromatic nitrogens is 1. The number of nitrogens with two attached hydrogens (primary N) is 1. The molecule has 1 aromatic carbocycles. The molecule has 1 saturated carbocycles. The molecule has 6 rings (SSSR count). The van der Waals surface area contributed by atoms with E-state index in [-0.39, 0.29) is 37.0 Å². The number of fused-ring (bicyclic) bond motifs is 1. The number of ether oxygens (including phenoxy) is 1. The summed E-state index contributed by atoms with van der Waals surface area (Å²) in [5.41, 5.74) is 8.75. The monoisotopic (exact) mass is 580 g/mol. The molecule has 2 aromatic rings. The first-order chi connectivity index (χ1) is 20.2. The average molecular weight is 581 g/mol. The Balaban J connectivity index is 1.28. The second kappa shape index (κ2) is 11.3. The Morgan fingerprint density at radius 2 is 1.98 bits per heavy atom. The molecule has 4 aliphatic rings. The van der Waals surface area contributed by atoms with E-state index in [4.69, 9.17) is 10.5 Å². The van der Waals surface area contributed by atoms with E-state index in [9.17, 15) is 14.7 Å². The Morgan fingerprint density at radius 3 is 2.69 bits per heavy atom. The third kappa shape index (κ3) is 5.05. The maximum atomic E-state index is 13.5. The molecule has 12 nitrogen and oxygen atoms in total. The molecular formula is C30H44N8O4. The maximum absolute atomic E-state index is 13.5. The number of rotatable bonds is 8. The first-order valence-electron chi connectivity index (χ1n) is 15.2. The van der Waals surface area contributed by atoms with Gasteiger partial charge in [-0.15, -0.1) is 0 Å². The first-order valence-corrected chi connectivity index (χ1v) is 15.2. The van der Waals surface area contributed by atoms with Crippen molar-refractivity contribution in [1.29, 1.82) is 0 Å². The van der Waals surface area contributed by atoms with Crippen molar-refractivity contribution < 1.29 is 19.4 Å².